The van der Waals surface area contributed by atoms with Crippen molar-refractivity contribution in [3.63, 3.8) is 0 Å². The number of benzene rings is 2. The van der Waals surface area contributed by atoms with E-state index >= 15 is 0 Å². The van der Waals surface area contributed by atoms with E-state index in [1.54, 1.807) is 17.4 Å². The van der Waals surface area contributed by atoms with Crippen molar-refractivity contribution in [2.45, 2.75) is 6.92 Å². The van der Waals surface area contributed by atoms with Crippen molar-refractivity contribution >= 4 is 28.3 Å². The van der Waals surface area contributed by atoms with Gasteiger partial charge in [0.2, 0.25) is 0 Å². The number of aromatic nitrogens is 4. The van der Waals surface area contributed by atoms with Crippen LogP contribution in [0, 0.1) is 18.6 Å². The molecule has 25 heavy (non-hydrogen) atoms. The predicted octanol–water partition coefficient (Wildman–Crippen LogP) is 4.19. The van der Waals surface area contributed by atoms with E-state index in [1.165, 1.54) is 31.4 Å². The second kappa shape index (κ2) is 5.63. The molecule has 4 aromatic rings. The lowest BCUT2D eigenvalue weighted by atomic mass is 10.2. The summed E-state index contributed by atoms with van der Waals surface area (Å²) in [4.78, 5) is 4.40. The quantitative estimate of drug-likeness (QED) is 0.538. The molecule has 8 heteroatoms. The van der Waals surface area contributed by atoms with Gasteiger partial charge in [0.05, 0.1) is 23.9 Å². The Hall–Kier alpha value is -2.80. The zero-order chi connectivity index (χ0) is 17.7. The standard InChI is InChI=1S/C17H11ClF2N4O/c1-8-16-23-22-15-13(20)6-10(25-2)7-14(15)24(16)17(21-8)11-5-9(18)3-4-12(11)19/h3-7H,1-2H3. The maximum atomic E-state index is 14.4. The largest absolute Gasteiger partial charge is 0.497 e. The number of hydrogen-bond donors (Lipinski definition) is 0. The van der Waals surface area contributed by atoms with Gasteiger partial charge < -0.3 is 4.74 Å². The summed E-state index contributed by atoms with van der Waals surface area (Å²) in [7, 11) is 1.43. The fourth-order valence-corrected chi connectivity index (χ4v) is 2.93. The van der Waals surface area contributed by atoms with Crippen LogP contribution in [-0.4, -0.2) is 26.7 Å². The van der Waals surface area contributed by atoms with E-state index in [2.05, 4.69) is 15.2 Å². The topological polar surface area (TPSA) is 52.3 Å². The number of nitrogens with zero attached hydrogens (tertiary/aromatic N) is 4. The minimum Gasteiger partial charge on any atom is -0.497 e. The van der Waals surface area contributed by atoms with Gasteiger partial charge in [-0.2, -0.15) is 0 Å². The molecular weight excluding hydrogens is 350 g/mol. The van der Waals surface area contributed by atoms with Crippen LogP contribution in [0.3, 0.4) is 0 Å². The molecule has 0 aliphatic rings. The molecule has 0 spiro atoms. The molecule has 0 amide bonds. The van der Waals surface area contributed by atoms with Crippen LogP contribution in [0.5, 0.6) is 5.75 Å². The second-order valence-electron chi connectivity index (χ2n) is 5.48. The van der Waals surface area contributed by atoms with Gasteiger partial charge in [-0.3, -0.25) is 4.40 Å². The van der Waals surface area contributed by atoms with Crippen molar-refractivity contribution in [3.05, 3.63) is 52.7 Å². The SMILES string of the molecule is COc1cc(F)c2nnc3c(C)nc(-c4cc(Cl)ccc4F)n3c2c1. The molecule has 126 valence electrons. The lowest BCUT2D eigenvalue weighted by molar-refractivity contribution is 0.412. The van der Waals surface area contributed by atoms with Crippen LogP contribution in [0.25, 0.3) is 28.1 Å². The average Bonchev–Trinajstić information content (AvgIpc) is 2.94. The van der Waals surface area contributed by atoms with Crippen LogP contribution in [0.1, 0.15) is 5.69 Å². The first-order valence-corrected chi connectivity index (χ1v) is 7.72. The van der Waals surface area contributed by atoms with Gasteiger partial charge in [0, 0.05) is 17.2 Å². The fourth-order valence-electron chi connectivity index (χ4n) is 2.76. The van der Waals surface area contributed by atoms with Gasteiger partial charge in [0.1, 0.15) is 22.9 Å². The monoisotopic (exact) mass is 360 g/mol. The average molecular weight is 361 g/mol. The van der Waals surface area contributed by atoms with E-state index in [0.29, 0.717) is 27.6 Å². The van der Waals surface area contributed by atoms with Crippen LogP contribution < -0.4 is 4.74 Å². The molecule has 4 rings (SSSR count). The van der Waals surface area contributed by atoms with E-state index in [1.807, 2.05) is 0 Å². The van der Waals surface area contributed by atoms with Crippen LogP contribution in [0.4, 0.5) is 8.78 Å². The molecule has 0 saturated carbocycles. The number of fused-ring (bicyclic) bond motifs is 3. The minimum absolute atomic E-state index is 0.0365. The maximum Gasteiger partial charge on any atom is 0.183 e. The third-order valence-electron chi connectivity index (χ3n) is 3.93. The highest BCUT2D eigenvalue weighted by molar-refractivity contribution is 6.30. The van der Waals surface area contributed by atoms with Gasteiger partial charge in [-0.15, -0.1) is 10.2 Å². The van der Waals surface area contributed by atoms with Crippen molar-refractivity contribution in [2.24, 2.45) is 0 Å². The molecule has 2 aromatic carbocycles. The Kier molecular flexibility index (Phi) is 3.54. The Morgan fingerprint density at radius 1 is 1.08 bits per heavy atom. The molecule has 5 nitrogen and oxygen atoms in total. The highest BCUT2D eigenvalue weighted by atomic mass is 35.5. The van der Waals surface area contributed by atoms with Crippen LogP contribution in [-0.2, 0) is 0 Å². The van der Waals surface area contributed by atoms with E-state index in [9.17, 15) is 8.78 Å². The van der Waals surface area contributed by atoms with Gasteiger partial charge >= 0.3 is 0 Å². The Balaban J connectivity index is 2.19. The van der Waals surface area contributed by atoms with E-state index in [-0.39, 0.29) is 16.9 Å². The van der Waals surface area contributed by atoms with Crippen LogP contribution >= 0.6 is 11.6 Å². The van der Waals surface area contributed by atoms with Crippen molar-refractivity contribution in [1.29, 1.82) is 0 Å². The van der Waals surface area contributed by atoms with Crippen molar-refractivity contribution in [1.82, 2.24) is 19.6 Å². The third kappa shape index (κ3) is 2.39. The first-order chi connectivity index (χ1) is 12.0. The Morgan fingerprint density at radius 2 is 1.88 bits per heavy atom. The third-order valence-corrected chi connectivity index (χ3v) is 4.16. The summed E-state index contributed by atoms with van der Waals surface area (Å²) in [6, 6.07) is 6.99. The number of imidazole rings is 1. The lowest BCUT2D eigenvalue weighted by Gasteiger charge is -2.08. The van der Waals surface area contributed by atoms with E-state index in [0.717, 1.165) is 0 Å². The van der Waals surface area contributed by atoms with Gasteiger partial charge in [-0.1, -0.05) is 11.6 Å². The van der Waals surface area contributed by atoms with Crippen LogP contribution in [0.2, 0.25) is 5.02 Å². The number of methoxy groups -OCH3 is 1. The molecular formula is C17H11ClF2N4O. The second-order valence-corrected chi connectivity index (χ2v) is 5.92. The molecule has 2 aromatic heterocycles. The molecule has 0 unspecified atom stereocenters. The van der Waals surface area contributed by atoms with Gasteiger partial charge in [-0.05, 0) is 25.1 Å². The van der Waals surface area contributed by atoms with Crippen molar-refractivity contribution in [3.8, 4) is 17.1 Å². The summed E-state index contributed by atoms with van der Waals surface area (Å²) in [6.45, 7) is 1.72. The summed E-state index contributed by atoms with van der Waals surface area (Å²) in [5.74, 6) is -0.513. The van der Waals surface area contributed by atoms with Crippen molar-refractivity contribution in [2.75, 3.05) is 7.11 Å². The summed E-state index contributed by atoms with van der Waals surface area (Å²) >= 11 is 6.00. The van der Waals surface area contributed by atoms with Gasteiger partial charge in [-0.25, -0.2) is 13.8 Å². The summed E-state index contributed by atoms with van der Waals surface area (Å²) in [5, 5.41) is 8.33. The van der Waals surface area contributed by atoms with Crippen LogP contribution in [0.15, 0.2) is 30.3 Å². The highest BCUT2D eigenvalue weighted by Gasteiger charge is 2.19. The molecule has 0 bridgehead atoms. The molecule has 0 N–H and O–H groups in total. The number of ether oxygens (including phenoxy) is 1. The Labute approximate surface area is 145 Å². The normalized spacial score (nSPS) is 11.4. The smallest absolute Gasteiger partial charge is 0.183 e. The summed E-state index contributed by atoms with van der Waals surface area (Å²) in [6.07, 6.45) is 0. The van der Waals surface area contributed by atoms with E-state index < -0.39 is 11.6 Å². The number of aryl methyl sites for hydroxylation is 1. The minimum atomic E-state index is -0.590. The van der Waals surface area contributed by atoms with E-state index in [4.69, 9.17) is 16.3 Å². The summed E-state index contributed by atoms with van der Waals surface area (Å²) in [5.41, 5.74) is 1.53. The number of halogens is 3. The lowest BCUT2D eigenvalue weighted by Crippen LogP contribution is -2.00. The molecule has 0 saturated heterocycles. The zero-order valence-electron chi connectivity index (χ0n) is 13.2. The molecule has 0 aliphatic heterocycles. The molecule has 0 radical (unpaired) electrons. The highest BCUT2D eigenvalue weighted by Crippen LogP contribution is 2.31. The van der Waals surface area contributed by atoms with Gasteiger partial charge in [0.15, 0.2) is 11.5 Å². The van der Waals surface area contributed by atoms with Crippen molar-refractivity contribution < 1.29 is 13.5 Å². The molecule has 0 fully saturated rings. The number of hydrogen-bond acceptors (Lipinski definition) is 4. The first-order valence-electron chi connectivity index (χ1n) is 7.34. The first kappa shape index (κ1) is 15.7. The number of rotatable bonds is 2. The summed E-state index contributed by atoms with van der Waals surface area (Å²) < 4.78 is 35.4. The predicted molar refractivity (Wildman–Crippen MR) is 89.9 cm³/mol. The maximum absolute atomic E-state index is 14.4. The fraction of sp³-hybridized carbons (Fsp3) is 0.118. The Morgan fingerprint density at radius 3 is 2.64 bits per heavy atom. The molecule has 0 aliphatic carbocycles. The molecule has 2 heterocycles. The zero-order valence-corrected chi connectivity index (χ0v) is 14.0. The molecule has 0 atom stereocenters. The van der Waals surface area contributed by atoms with Gasteiger partial charge in [0.25, 0.3) is 0 Å². The Bertz CT molecular complexity index is 1140.